The highest BCUT2D eigenvalue weighted by molar-refractivity contribution is 7.96. The van der Waals surface area contributed by atoms with Gasteiger partial charge in [0.25, 0.3) is 0 Å². The molecule has 0 saturated carbocycles. The van der Waals surface area contributed by atoms with Crippen LogP contribution < -0.4 is 10.4 Å². The van der Waals surface area contributed by atoms with Gasteiger partial charge >= 0.3 is 0 Å². The monoisotopic (exact) mass is 267 g/mol. The minimum Gasteiger partial charge on any atom is -0.390 e. The summed E-state index contributed by atoms with van der Waals surface area (Å²) in [6.45, 7) is 4.08. The molecule has 4 atom stereocenters. The summed E-state index contributed by atoms with van der Waals surface area (Å²) in [5, 5.41) is 15.4. The van der Waals surface area contributed by atoms with E-state index in [1.807, 2.05) is 17.6 Å². The smallest absolute Gasteiger partial charge is 0.237 e. The first kappa shape index (κ1) is 16.1. The van der Waals surface area contributed by atoms with Crippen molar-refractivity contribution in [2.75, 3.05) is 19.8 Å². The molecular weight excluding hydrogens is 245 g/mol. The number of hydrogen-bond acceptors (Lipinski definition) is 5. The van der Waals surface area contributed by atoms with Gasteiger partial charge in [-0.15, -0.1) is 0 Å². The quantitative estimate of drug-likeness (QED) is 0.441. The van der Waals surface area contributed by atoms with Gasteiger partial charge in [-0.3, -0.25) is 14.2 Å². The number of aliphatic hydroxyl groups excluding tert-OH is 1. The normalized spacial score (nSPS) is 16.9. The average molecular weight is 267 g/mol. The van der Waals surface area contributed by atoms with Gasteiger partial charge in [0.05, 0.1) is 18.2 Å². The van der Waals surface area contributed by atoms with Crippen LogP contribution in [0.5, 0.6) is 0 Å². The molecule has 0 fully saturated rings. The Balaban J connectivity index is 4.04. The number of aliphatic hydroxyl groups is 1. The van der Waals surface area contributed by atoms with Crippen LogP contribution in [0, 0.1) is 0 Å². The van der Waals surface area contributed by atoms with E-state index in [-0.39, 0.29) is 18.0 Å². The lowest BCUT2D eigenvalue weighted by atomic mass is 10.1. The highest BCUT2D eigenvalue weighted by Crippen LogP contribution is 2.04. The minimum atomic E-state index is -0.571. The molecule has 0 heterocycles. The van der Waals surface area contributed by atoms with Crippen LogP contribution in [-0.2, 0) is 4.79 Å². The Bertz CT molecular complexity index is 221. The summed E-state index contributed by atoms with van der Waals surface area (Å²) < 4.78 is 1.92. The first-order chi connectivity index (χ1) is 7.42. The standard InChI is InChI=1S/C9H22N3O2PS/c1-6(8(13)5-12(3)16-4)10-9(14)7(2)11-15/h6-8,11,13H,5,15H2,1-4H3,(H,10,14)/t6-,7?,8+/m0/s1. The molecular formula is C9H22N3O2PS. The van der Waals surface area contributed by atoms with Crippen molar-refractivity contribution in [2.24, 2.45) is 0 Å². The number of nitrogens with zero attached hydrogens (tertiary/aromatic N) is 1. The Morgan fingerprint density at radius 1 is 1.56 bits per heavy atom. The van der Waals surface area contributed by atoms with Gasteiger partial charge in [-0.05, 0) is 27.2 Å². The maximum absolute atomic E-state index is 11.5. The second-order valence-electron chi connectivity index (χ2n) is 3.75. The zero-order chi connectivity index (χ0) is 12.7. The Morgan fingerprint density at radius 2 is 2.12 bits per heavy atom. The van der Waals surface area contributed by atoms with Crippen LogP contribution in [0.4, 0.5) is 0 Å². The van der Waals surface area contributed by atoms with E-state index in [4.69, 9.17) is 0 Å². The van der Waals surface area contributed by atoms with Crippen molar-refractivity contribution in [1.29, 1.82) is 0 Å². The Kier molecular flexibility index (Phi) is 8.32. The topological polar surface area (TPSA) is 64.6 Å². The molecule has 0 rings (SSSR count). The van der Waals surface area contributed by atoms with Gasteiger partial charge in [-0.25, -0.2) is 0 Å². The molecule has 7 heteroatoms. The zero-order valence-electron chi connectivity index (χ0n) is 10.2. The third kappa shape index (κ3) is 6.01. The average Bonchev–Trinajstić information content (AvgIpc) is 2.27. The molecule has 0 aliphatic rings. The molecule has 96 valence electrons. The fourth-order valence-electron chi connectivity index (χ4n) is 1.02. The van der Waals surface area contributed by atoms with Gasteiger partial charge in [-0.1, -0.05) is 21.3 Å². The van der Waals surface area contributed by atoms with Crippen LogP contribution in [0.2, 0.25) is 0 Å². The summed E-state index contributed by atoms with van der Waals surface area (Å²) in [5.74, 6) is -0.117. The lowest BCUT2D eigenvalue weighted by Crippen LogP contribution is -2.49. The fraction of sp³-hybridized carbons (Fsp3) is 0.889. The molecule has 16 heavy (non-hydrogen) atoms. The van der Waals surface area contributed by atoms with Gasteiger partial charge in [0.1, 0.15) is 0 Å². The van der Waals surface area contributed by atoms with Crippen molar-refractivity contribution < 1.29 is 9.90 Å². The second-order valence-corrected chi connectivity index (χ2v) is 5.07. The molecule has 0 aromatic rings. The van der Waals surface area contributed by atoms with Crippen LogP contribution in [0.25, 0.3) is 0 Å². The van der Waals surface area contributed by atoms with Crippen LogP contribution in [-0.4, -0.2) is 53.4 Å². The van der Waals surface area contributed by atoms with E-state index in [9.17, 15) is 9.90 Å². The maximum atomic E-state index is 11.5. The predicted octanol–water partition coefficient (Wildman–Crippen LogP) is -0.170. The van der Waals surface area contributed by atoms with Crippen molar-refractivity contribution in [3.63, 3.8) is 0 Å². The van der Waals surface area contributed by atoms with Gasteiger partial charge < -0.3 is 10.4 Å². The predicted molar refractivity (Wildman–Crippen MR) is 72.1 cm³/mol. The number of amides is 1. The summed E-state index contributed by atoms with van der Waals surface area (Å²) in [6.07, 6.45) is 1.37. The molecule has 0 radical (unpaired) electrons. The van der Waals surface area contributed by atoms with Crippen molar-refractivity contribution in [3.8, 4) is 0 Å². The molecule has 3 N–H and O–H groups in total. The SMILES string of the molecule is CSN(C)C[C@@H](O)[C@H](C)NC(=O)C(C)NP. The summed E-state index contributed by atoms with van der Waals surface area (Å²) in [7, 11) is 4.20. The molecule has 5 nitrogen and oxygen atoms in total. The number of nitrogens with one attached hydrogen (secondary N) is 2. The minimum absolute atomic E-state index is 0.117. The second kappa shape index (κ2) is 8.25. The summed E-state index contributed by atoms with van der Waals surface area (Å²) in [4.78, 5) is 11.5. The van der Waals surface area contributed by atoms with Gasteiger partial charge in [0, 0.05) is 6.54 Å². The molecule has 2 unspecified atom stereocenters. The van der Waals surface area contributed by atoms with Crippen LogP contribution >= 0.6 is 21.3 Å². The lowest BCUT2D eigenvalue weighted by molar-refractivity contribution is -0.123. The number of carbonyl (C=O) groups excluding carboxylic acids is 1. The first-order valence-electron chi connectivity index (χ1n) is 5.12. The van der Waals surface area contributed by atoms with E-state index in [1.165, 1.54) is 0 Å². The third-order valence-electron chi connectivity index (χ3n) is 2.35. The van der Waals surface area contributed by atoms with E-state index in [0.29, 0.717) is 6.54 Å². The molecule has 0 aromatic carbocycles. The fourth-order valence-corrected chi connectivity index (χ4v) is 1.47. The first-order valence-corrected chi connectivity index (χ1v) is 6.88. The summed E-state index contributed by atoms with van der Waals surface area (Å²) in [6, 6.07) is -0.541. The van der Waals surface area contributed by atoms with Crippen LogP contribution in [0.1, 0.15) is 13.8 Å². The van der Waals surface area contributed by atoms with E-state index < -0.39 is 6.10 Å². The number of rotatable bonds is 7. The van der Waals surface area contributed by atoms with E-state index in [1.54, 1.807) is 25.8 Å². The van der Waals surface area contributed by atoms with Crippen molar-refractivity contribution in [3.05, 3.63) is 0 Å². The van der Waals surface area contributed by atoms with Crippen molar-refractivity contribution >= 4 is 27.2 Å². The zero-order valence-corrected chi connectivity index (χ0v) is 12.2. The molecule has 0 aliphatic carbocycles. The largest absolute Gasteiger partial charge is 0.390 e. The Morgan fingerprint density at radius 3 is 2.56 bits per heavy atom. The lowest BCUT2D eigenvalue weighted by Gasteiger charge is -2.25. The highest BCUT2D eigenvalue weighted by Gasteiger charge is 2.20. The van der Waals surface area contributed by atoms with E-state index >= 15 is 0 Å². The van der Waals surface area contributed by atoms with Crippen molar-refractivity contribution in [1.82, 2.24) is 14.7 Å². The van der Waals surface area contributed by atoms with Crippen molar-refractivity contribution in [2.45, 2.75) is 32.0 Å². The molecule has 0 bridgehead atoms. The molecule has 0 saturated heterocycles. The number of likely N-dealkylation sites (N-methyl/N-ethyl adjacent to an activating group) is 1. The Labute approximate surface area is 104 Å². The van der Waals surface area contributed by atoms with E-state index in [2.05, 4.69) is 19.8 Å². The van der Waals surface area contributed by atoms with Gasteiger partial charge in [0.2, 0.25) is 5.91 Å². The van der Waals surface area contributed by atoms with Crippen LogP contribution in [0.15, 0.2) is 0 Å². The van der Waals surface area contributed by atoms with E-state index in [0.717, 1.165) is 0 Å². The number of carbonyl (C=O) groups is 1. The third-order valence-corrected chi connectivity index (χ3v) is 3.62. The summed E-state index contributed by atoms with van der Waals surface area (Å²) >= 11 is 1.55. The number of hydrogen-bond donors (Lipinski definition) is 3. The highest BCUT2D eigenvalue weighted by atomic mass is 32.2. The molecule has 0 aromatic heterocycles. The van der Waals surface area contributed by atoms with Crippen LogP contribution in [0.3, 0.4) is 0 Å². The molecule has 0 aliphatic heterocycles. The molecule has 1 amide bonds. The summed E-state index contributed by atoms with van der Waals surface area (Å²) in [5.41, 5.74) is 0. The van der Waals surface area contributed by atoms with Gasteiger partial charge in [-0.2, -0.15) is 0 Å². The van der Waals surface area contributed by atoms with Gasteiger partial charge in [0.15, 0.2) is 0 Å². The maximum Gasteiger partial charge on any atom is 0.237 e. The molecule has 0 spiro atoms. The Hall–Kier alpha value is 0.130.